The zero-order valence-electron chi connectivity index (χ0n) is 4.86. The van der Waals surface area contributed by atoms with Crippen LogP contribution in [0, 0.1) is 0 Å². The highest BCUT2D eigenvalue weighted by Gasteiger charge is 2.11. The van der Waals surface area contributed by atoms with Crippen molar-refractivity contribution in [2.24, 2.45) is 5.84 Å². The largest absolute Gasteiger partial charge is 1.00 e. The van der Waals surface area contributed by atoms with Crippen LogP contribution in [0.3, 0.4) is 0 Å². The van der Waals surface area contributed by atoms with Crippen LogP contribution in [0.25, 0.3) is 0 Å². The quantitative estimate of drug-likeness (QED) is 0.306. The van der Waals surface area contributed by atoms with Crippen molar-refractivity contribution >= 4 is 0 Å². The van der Waals surface area contributed by atoms with Gasteiger partial charge in [-0.15, -0.1) is 0 Å². The summed E-state index contributed by atoms with van der Waals surface area (Å²) in [5.74, 6) is 5.18. The third kappa shape index (κ3) is 1.99. The van der Waals surface area contributed by atoms with E-state index in [2.05, 4.69) is 5.43 Å². The molecule has 8 heavy (non-hydrogen) atoms. The molecule has 3 N–H and O–H groups in total. The Hall–Kier alpha value is 0.210. The van der Waals surface area contributed by atoms with E-state index in [0.29, 0.717) is 6.04 Å². The van der Waals surface area contributed by atoms with Crippen LogP contribution in [-0.4, -0.2) is 6.04 Å². The van der Waals surface area contributed by atoms with E-state index < -0.39 is 0 Å². The van der Waals surface area contributed by atoms with E-state index in [1.807, 2.05) is 0 Å². The molecule has 1 aliphatic carbocycles. The average molecular weight is 136 g/mol. The van der Waals surface area contributed by atoms with Gasteiger partial charge in [0.2, 0.25) is 0 Å². The predicted octanol–water partition coefficient (Wildman–Crippen LogP) is -2.60. The van der Waals surface area contributed by atoms with Crippen LogP contribution in [-0.2, 0) is 0 Å². The average Bonchev–Trinajstić information content (AvgIpc) is 2.14. The molecule has 0 bridgehead atoms. The van der Waals surface area contributed by atoms with Crippen molar-refractivity contribution in [2.45, 2.75) is 31.7 Å². The lowest BCUT2D eigenvalue weighted by molar-refractivity contribution is -0.00000165. The highest BCUT2D eigenvalue weighted by atomic mass is 35.5. The van der Waals surface area contributed by atoms with Gasteiger partial charge in [0, 0.05) is 6.04 Å². The molecule has 0 amide bonds. The van der Waals surface area contributed by atoms with Crippen molar-refractivity contribution in [3.8, 4) is 0 Å². The number of hydrogen-bond donors (Lipinski definition) is 2. The van der Waals surface area contributed by atoms with E-state index in [4.69, 9.17) is 5.84 Å². The molecule has 50 valence electrons. The lowest BCUT2D eigenvalue weighted by Crippen LogP contribution is -3.00. The summed E-state index contributed by atoms with van der Waals surface area (Å²) in [7, 11) is 0. The maximum absolute atomic E-state index is 5.18. The summed E-state index contributed by atoms with van der Waals surface area (Å²) < 4.78 is 0. The molecule has 0 unspecified atom stereocenters. The van der Waals surface area contributed by atoms with Crippen LogP contribution < -0.4 is 23.7 Å². The molecule has 2 nitrogen and oxygen atoms in total. The second-order valence-corrected chi connectivity index (χ2v) is 2.15. The first-order valence-electron chi connectivity index (χ1n) is 2.89. The van der Waals surface area contributed by atoms with Crippen LogP contribution in [0.1, 0.15) is 25.7 Å². The molecule has 0 saturated heterocycles. The molecule has 3 heteroatoms. The lowest BCUT2D eigenvalue weighted by atomic mass is 10.3. The van der Waals surface area contributed by atoms with E-state index in [-0.39, 0.29) is 12.4 Å². The van der Waals surface area contributed by atoms with Crippen molar-refractivity contribution in [2.75, 3.05) is 0 Å². The molecule has 0 radical (unpaired) electrons. The molecule has 1 aliphatic rings. The van der Waals surface area contributed by atoms with Gasteiger partial charge in [-0.25, -0.2) is 0 Å². The van der Waals surface area contributed by atoms with Gasteiger partial charge in [0.1, 0.15) is 0 Å². The van der Waals surface area contributed by atoms with Crippen molar-refractivity contribution in [1.29, 1.82) is 0 Å². The summed E-state index contributed by atoms with van der Waals surface area (Å²) in [5, 5.41) is 0. The van der Waals surface area contributed by atoms with Crippen LogP contribution in [0.4, 0.5) is 0 Å². The Morgan fingerprint density at radius 1 is 1.25 bits per heavy atom. The van der Waals surface area contributed by atoms with Gasteiger partial charge in [-0.3, -0.25) is 11.3 Å². The maximum atomic E-state index is 5.18. The van der Waals surface area contributed by atoms with E-state index >= 15 is 0 Å². The summed E-state index contributed by atoms with van der Waals surface area (Å²) in [6.07, 6.45) is 5.26. The summed E-state index contributed by atoms with van der Waals surface area (Å²) in [5.41, 5.74) is 2.76. The van der Waals surface area contributed by atoms with Gasteiger partial charge in [-0.2, -0.15) is 0 Å². The summed E-state index contributed by atoms with van der Waals surface area (Å²) >= 11 is 0. The van der Waals surface area contributed by atoms with Gasteiger partial charge in [0.15, 0.2) is 0 Å². The van der Waals surface area contributed by atoms with Gasteiger partial charge in [-0.05, 0) is 12.8 Å². The Morgan fingerprint density at radius 3 is 2.00 bits per heavy atom. The van der Waals surface area contributed by atoms with Crippen LogP contribution in [0.15, 0.2) is 0 Å². The first kappa shape index (κ1) is 8.21. The number of hydrazine groups is 1. The third-order valence-corrected chi connectivity index (χ3v) is 1.59. The van der Waals surface area contributed by atoms with Crippen molar-refractivity contribution in [3.63, 3.8) is 0 Å². The summed E-state index contributed by atoms with van der Waals surface area (Å²) in [4.78, 5) is 0. The molecule has 0 aromatic heterocycles. The van der Waals surface area contributed by atoms with Crippen molar-refractivity contribution in [3.05, 3.63) is 0 Å². The molecule has 0 spiro atoms. The van der Waals surface area contributed by atoms with E-state index in [0.717, 1.165) is 0 Å². The fourth-order valence-electron chi connectivity index (χ4n) is 1.09. The van der Waals surface area contributed by atoms with Crippen molar-refractivity contribution < 1.29 is 12.4 Å². The smallest absolute Gasteiger partial charge is 0.0210 e. The number of hydrogen-bond acceptors (Lipinski definition) is 2. The van der Waals surface area contributed by atoms with E-state index in [1.54, 1.807) is 0 Å². The summed E-state index contributed by atoms with van der Waals surface area (Å²) in [6, 6.07) is 0.625. The molecule has 0 aromatic rings. The highest BCUT2D eigenvalue weighted by molar-refractivity contribution is 4.69. The predicted molar refractivity (Wildman–Crippen MR) is 29.6 cm³/mol. The molecule has 1 saturated carbocycles. The maximum Gasteiger partial charge on any atom is 0.0210 e. The molecule has 1 rings (SSSR count). The number of nitrogens with two attached hydrogens (primary N) is 1. The molecule has 0 heterocycles. The fourth-order valence-corrected chi connectivity index (χ4v) is 1.09. The molecule has 1 fully saturated rings. The Labute approximate surface area is 56.2 Å². The first-order valence-corrected chi connectivity index (χ1v) is 2.89. The Balaban J connectivity index is 0.000000490. The number of halogens is 1. The first-order chi connectivity index (χ1) is 3.43. The molecular weight excluding hydrogens is 124 g/mol. The van der Waals surface area contributed by atoms with Crippen LogP contribution in [0.2, 0.25) is 0 Å². The number of rotatable bonds is 1. The Kier molecular flexibility index (Phi) is 4.23. The molecule has 0 aromatic carbocycles. The second-order valence-electron chi connectivity index (χ2n) is 2.15. The zero-order chi connectivity index (χ0) is 5.11. The topological polar surface area (TPSA) is 38.0 Å². The standard InChI is InChI=1S/C5H12N2.ClH/c6-7-5-3-1-2-4-5;/h5,7H,1-4,6H2;1H/p-1. The highest BCUT2D eigenvalue weighted by Crippen LogP contribution is 2.16. The zero-order valence-corrected chi connectivity index (χ0v) is 5.62. The van der Waals surface area contributed by atoms with Crippen LogP contribution in [0.5, 0.6) is 0 Å². The Morgan fingerprint density at radius 2 is 1.75 bits per heavy atom. The second kappa shape index (κ2) is 4.13. The third-order valence-electron chi connectivity index (χ3n) is 1.59. The normalized spacial score (nSPS) is 20.6. The minimum Gasteiger partial charge on any atom is -1.00 e. The molecule has 0 aliphatic heterocycles. The Bertz CT molecular complexity index is 52.4. The number of nitrogens with one attached hydrogen (secondary N) is 1. The SMILES string of the molecule is NNC1CCCC1.[Cl-]. The van der Waals surface area contributed by atoms with Gasteiger partial charge in [0.05, 0.1) is 0 Å². The summed E-state index contributed by atoms with van der Waals surface area (Å²) in [6.45, 7) is 0. The molecule has 0 atom stereocenters. The van der Waals surface area contributed by atoms with Crippen molar-refractivity contribution in [1.82, 2.24) is 5.43 Å². The lowest BCUT2D eigenvalue weighted by Gasteiger charge is -2.02. The molecular formula is C5H12ClN2-. The van der Waals surface area contributed by atoms with Gasteiger partial charge in [0.25, 0.3) is 0 Å². The van der Waals surface area contributed by atoms with Crippen LogP contribution >= 0.6 is 0 Å². The van der Waals surface area contributed by atoms with E-state index in [1.165, 1.54) is 25.7 Å². The van der Waals surface area contributed by atoms with E-state index in [9.17, 15) is 0 Å². The minimum absolute atomic E-state index is 0. The van der Waals surface area contributed by atoms with Gasteiger partial charge < -0.3 is 12.4 Å². The van der Waals surface area contributed by atoms with Gasteiger partial charge in [-0.1, -0.05) is 12.8 Å². The van der Waals surface area contributed by atoms with Gasteiger partial charge >= 0.3 is 0 Å². The minimum atomic E-state index is 0. The fraction of sp³-hybridized carbons (Fsp3) is 1.00. The monoisotopic (exact) mass is 135 g/mol.